The molecular formula is C10H12BrNO. The molecule has 0 unspecified atom stereocenters. The van der Waals surface area contributed by atoms with Crippen LogP contribution in [0.4, 0.5) is 0 Å². The number of hydrogen-bond acceptors (Lipinski definition) is 2. The molecule has 13 heavy (non-hydrogen) atoms. The van der Waals surface area contributed by atoms with Crippen LogP contribution in [0.2, 0.25) is 0 Å². The highest BCUT2D eigenvalue weighted by Crippen LogP contribution is 2.48. The Morgan fingerprint density at radius 1 is 1.38 bits per heavy atom. The number of hydrogen-bond donors (Lipinski definition) is 2. The Morgan fingerprint density at radius 2 is 2.08 bits per heavy atom. The van der Waals surface area contributed by atoms with Crippen molar-refractivity contribution in [1.82, 2.24) is 0 Å². The van der Waals surface area contributed by atoms with Crippen molar-refractivity contribution in [1.29, 1.82) is 0 Å². The zero-order chi connectivity index (χ0) is 9.47. The zero-order valence-electron chi connectivity index (χ0n) is 7.26. The van der Waals surface area contributed by atoms with Crippen molar-refractivity contribution in [3.8, 4) is 5.75 Å². The number of phenolic OH excluding ortho intramolecular Hbond substituents is 1. The topological polar surface area (TPSA) is 46.2 Å². The molecule has 1 aliphatic carbocycles. The Balaban J connectivity index is 2.40. The summed E-state index contributed by atoms with van der Waals surface area (Å²) in [5, 5.41) is 9.41. The lowest BCUT2D eigenvalue weighted by molar-refractivity contribution is 0.473. The van der Waals surface area contributed by atoms with E-state index in [4.69, 9.17) is 5.73 Å². The summed E-state index contributed by atoms with van der Waals surface area (Å²) in [6.45, 7) is 0.670. The maximum absolute atomic E-state index is 9.41. The van der Waals surface area contributed by atoms with Crippen LogP contribution < -0.4 is 5.73 Å². The number of rotatable bonds is 2. The van der Waals surface area contributed by atoms with Gasteiger partial charge in [-0.25, -0.2) is 0 Å². The second-order valence-electron chi connectivity index (χ2n) is 3.68. The van der Waals surface area contributed by atoms with E-state index in [1.807, 2.05) is 12.1 Å². The number of nitrogens with two attached hydrogens (primary N) is 1. The normalized spacial score (nSPS) is 18.6. The summed E-state index contributed by atoms with van der Waals surface area (Å²) in [5.41, 5.74) is 7.01. The predicted octanol–water partition coefficient (Wildman–Crippen LogP) is 2.15. The maximum atomic E-state index is 9.41. The van der Waals surface area contributed by atoms with Gasteiger partial charge in [0.2, 0.25) is 0 Å². The van der Waals surface area contributed by atoms with Gasteiger partial charge in [-0.3, -0.25) is 0 Å². The first kappa shape index (κ1) is 9.03. The highest BCUT2D eigenvalue weighted by atomic mass is 79.9. The van der Waals surface area contributed by atoms with Crippen LogP contribution in [0.3, 0.4) is 0 Å². The summed E-state index contributed by atoms with van der Waals surface area (Å²) in [6.07, 6.45) is 2.28. The van der Waals surface area contributed by atoms with E-state index in [1.54, 1.807) is 6.07 Å². The Hall–Kier alpha value is -0.540. The Labute approximate surface area is 85.9 Å². The van der Waals surface area contributed by atoms with Crippen molar-refractivity contribution in [2.24, 2.45) is 5.73 Å². The van der Waals surface area contributed by atoms with Gasteiger partial charge in [0.05, 0.1) is 0 Å². The number of phenols is 1. The van der Waals surface area contributed by atoms with E-state index in [0.29, 0.717) is 12.3 Å². The van der Waals surface area contributed by atoms with E-state index < -0.39 is 0 Å². The number of benzene rings is 1. The molecule has 1 aliphatic rings. The lowest BCUT2D eigenvalue weighted by atomic mass is 9.96. The Bertz CT molecular complexity index is 313. The molecule has 0 radical (unpaired) electrons. The smallest absolute Gasteiger partial charge is 0.116 e. The van der Waals surface area contributed by atoms with Gasteiger partial charge in [0.25, 0.3) is 0 Å². The summed E-state index contributed by atoms with van der Waals surface area (Å²) >= 11 is 3.36. The molecular weight excluding hydrogens is 230 g/mol. The minimum atomic E-state index is 0.154. The number of aromatic hydroxyl groups is 1. The van der Waals surface area contributed by atoms with Crippen LogP contribution in [0.1, 0.15) is 18.4 Å². The fraction of sp³-hybridized carbons (Fsp3) is 0.400. The van der Waals surface area contributed by atoms with Crippen LogP contribution in [0.15, 0.2) is 22.7 Å². The second-order valence-corrected chi connectivity index (χ2v) is 4.60. The molecule has 1 aromatic rings. The molecule has 0 bridgehead atoms. The van der Waals surface area contributed by atoms with Gasteiger partial charge in [-0.2, -0.15) is 0 Å². The first-order chi connectivity index (χ1) is 6.16. The van der Waals surface area contributed by atoms with Crippen LogP contribution in [0.25, 0.3) is 0 Å². The van der Waals surface area contributed by atoms with Gasteiger partial charge in [-0.15, -0.1) is 0 Å². The lowest BCUT2D eigenvalue weighted by Gasteiger charge is -2.13. The van der Waals surface area contributed by atoms with Gasteiger partial charge in [0.15, 0.2) is 0 Å². The molecule has 2 rings (SSSR count). The van der Waals surface area contributed by atoms with Gasteiger partial charge < -0.3 is 10.8 Å². The molecule has 0 heterocycles. The molecule has 2 nitrogen and oxygen atoms in total. The molecule has 3 heteroatoms. The zero-order valence-corrected chi connectivity index (χ0v) is 8.84. The molecule has 0 aliphatic heterocycles. The van der Waals surface area contributed by atoms with E-state index in [1.165, 1.54) is 0 Å². The van der Waals surface area contributed by atoms with Gasteiger partial charge >= 0.3 is 0 Å². The minimum absolute atomic E-state index is 0.154. The summed E-state index contributed by atoms with van der Waals surface area (Å²) in [4.78, 5) is 0. The predicted molar refractivity (Wildman–Crippen MR) is 55.8 cm³/mol. The third-order valence-corrected chi connectivity index (χ3v) is 3.20. The average Bonchev–Trinajstić information content (AvgIpc) is 2.82. The standard InChI is InChI=1S/C10H12BrNO/c11-8-3-7(4-9(13)5-8)10(6-12)1-2-10/h3-5,13H,1-2,6,12H2. The third-order valence-electron chi connectivity index (χ3n) is 2.74. The van der Waals surface area contributed by atoms with Crippen LogP contribution in [0.5, 0.6) is 5.75 Å². The Morgan fingerprint density at radius 3 is 2.54 bits per heavy atom. The molecule has 1 fully saturated rings. The fourth-order valence-corrected chi connectivity index (χ4v) is 2.12. The first-order valence-corrected chi connectivity index (χ1v) is 5.16. The van der Waals surface area contributed by atoms with Crippen molar-refractivity contribution in [2.75, 3.05) is 6.54 Å². The highest BCUT2D eigenvalue weighted by Gasteiger charge is 2.43. The largest absolute Gasteiger partial charge is 0.508 e. The van der Waals surface area contributed by atoms with Crippen molar-refractivity contribution >= 4 is 15.9 Å². The molecule has 0 saturated heterocycles. The van der Waals surface area contributed by atoms with E-state index >= 15 is 0 Å². The minimum Gasteiger partial charge on any atom is -0.508 e. The fourth-order valence-electron chi connectivity index (χ4n) is 1.64. The summed E-state index contributed by atoms with van der Waals surface area (Å²) < 4.78 is 0.919. The molecule has 0 amide bonds. The molecule has 0 aromatic heterocycles. The third kappa shape index (κ3) is 1.58. The van der Waals surface area contributed by atoms with Crippen LogP contribution in [-0.4, -0.2) is 11.7 Å². The molecule has 1 aromatic carbocycles. The van der Waals surface area contributed by atoms with Gasteiger partial charge in [0, 0.05) is 16.4 Å². The van der Waals surface area contributed by atoms with Crippen molar-refractivity contribution in [2.45, 2.75) is 18.3 Å². The van der Waals surface area contributed by atoms with Crippen molar-refractivity contribution < 1.29 is 5.11 Å². The second kappa shape index (κ2) is 3.00. The summed E-state index contributed by atoms with van der Waals surface area (Å²) in [6, 6.07) is 5.54. The SMILES string of the molecule is NCC1(c2cc(O)cc(Br)c2)CC1. The molecule has 1 saturated carbocycles. The van der Waals surface area contributed by atoms with Gasteiger partial charge in [-0.1, -0.05) is 15.9 Å². The van der Waals surface area contributed by atoms with E-state index in [9.17, 15) is 5.11 Å². The monoisotopic (exact) mass is 241 g/mol. The summed E-state index contributed by atoms with van der Waals surface area (Å²) in [5.74, 6) is 0.309. The van der Waals surface area contributed by atoms with E-state index in [2.05, 4.69) is 15.9 Å². The highest BCUT2D eigenvalue weighted by molar-refractivity contribution is 9.10. The molecule has 0 atom stereocenters. The van der Waals surface area contributed by atoms with Crippen LogP contribution in [0, 0.1) is 0 Å². The van der Waals surface area contributed by atoms with E-state index in [0.717, 1.165) is 22.9 Å². The van der Waals surface area contributed by atoms with E-state index in [-0.39, 0.29) is 5.41 Å². The summed E-state index contributed by atoms with van der Waals surface area (Å²) in [7, 11) is 0. The maximum Gasteiger partial charge on any atom is 0.116 e. The van der Waals surface area contributed by atoms with Crippen molar-refractivity contribution in [3.63, 3.8) is 0 Å². The van der Waals surface area contributed by atoms with Gasteiger partial charge in [0.1, 0.15) is 5.75 Å². The Kier molecular flexibility index (Phi) is 2.08. The number of halogens is 1. The average molecular weight is 242 g/mol. The van der Waals surface area contributed by atoms with Crippen molar-refractivity contribution in [3.05, 3.63) is 28.2 Å². The lowest BCUT2D eigenvalue weighted by Crippen LogP contribution is -2.19. The molecule has 70 valence electrons. The first-order valence-electron chi connectivity index (χ1n) is 4.36. The van der Waals surface area contributed by atoms with Gasteiger partial charge in [-0.05, 0) is 36.6 Å². The van der Waals surface area contributed by atoms with Crippen LogP contribution >= 0.6 is 15.9 Å². The van der Waals surface area contributed by atoms with Crippen LogP contribution in [-0.2, 0) is 5.41 Å². The molecule has 0 spiro atoms. The quantitative estimate of drug-likeness (QED) is 0.834. The molecule has 3 N–H and O–H groups in total.